The monoisotopic (exact) mass is 543 g/mol. The maximum atomic E-state index is 13.5. The van der Waals surface area contributed by atoms with Gasteiger partial charge in [0.25, 0.3) is 0 Å². The summed E-state index contributed by atoms with van der Waals surface area (Å²) in [6.07, 6.45) is -0.934. The van der Waals surface area contributed by atoms with Crippen molar-refractivity contribution in [3.63, 3.8) is 0 Å². The number of aliphatic hydroxyl groups is 2. The number of esters is 1. The molecule has 2 aliphatic heterocycles. The predicted molar refractivity (Wildman–Crippen MR) is 146 cm³/mol. The third-order valence-corrected chi connectivity index (χ3v) is 8.51. The molecule has 12 atom stereocenters. The van der Waals surface area contributed by atoms with E-state index >= 15 is 0 Å². The molecule has 0 bridgehead atoms. The van der Waals surface area contributed by atoms with Gasteiger partial charge in [0.2, 0.25) is 0 Å². The highest BCUT2D eigenvalue weighted by atomic mass is 16.7. The summed E-state index contributed by atoms with van der Waals surface area (Å²) in [4.78, 5) is 18.6. The van der Waals surface area contributed by atoms with Crippen LogP contribution in [0.2, 0.25) is 0 Å². The summed E-state index contributed by atoms with van der Waals surface area (Å²) >= 11 is 0. The van der Waals surface area contributed by atoms with Gasteiger partial charge in [0, 0.05) is 25.4 Å². The molecule has 0 unspecified atom stereocenters. The number of hydrogen-bond acceptors (Lipinski definition) is 9. The Bertz CT molecular complexity index is 768. The fraction of sp³-hybridized carbons (Fsp3) is 0.931. The maximum Gasteiger partial charge on any atom is 0.311 e. The molecule has 2 heterocycles. The van der Waals surface area contributed by atoms with Gasteiger partial charge in [-0.05, 0) is 58.3 Å². The molecule has 0 aromatic carbocycles. The first-order chi connectivity index (χ1) is 17.8. The van der Waals surface area contributed by atoms with Crippen molar-refractivity contribution in [1.82, 2.24) is 0 Å². The van der Waals surface area contributed by atoms with Crippen molar-refractivity contribution >= 4 is 11.7 Å². The first-order valence-corrected chi connectivity index (χ1v) is 14.3. The number of aliphatic hydroxyl groups excluding tert-OH is 2. The van der Waals surface area contributed by atoms with Crippen LogP contribution in [0.15, 0.2) is 5.16 Å². The van der Waals surface area contributed by atoms with E-state index in [2.05, 4.69) is 19.0 Å². The number of methoxy groups -OCH3 is 1. The molecule has 0 saturated carbocycles. The van der Waals surface area contributed by atoms with E-state index in [0.717, 1.165) is 12.8 Å². The second-order valence-electron chi connectivity index (χ2n) is 12.1. The summed E-state index contributed by atoms with van der Waals surface area (Å²) < 4.78 is 24.5. The highest BCUT2D eigenvalue weighted by molar-refractivity contribution is 5.88. The van der Waals surface area contributed by atoms with E-state index in [0.29, 0.717) is 30.9 Å². The standard InChI is InChI=1S/C29H53NO8/c1-11-22-26(32)25(31)20(6)24(30-35-10)17(3)14-29(8,34-9)15-18(4)27(21(7)28(33)37-22)38-23-13-16(2)12-19(5)36-23/h16-23,25-27,31-32H,11-15H2,1-10H3/b30-24-/t16-,17-,18-,19+,20+,21-,22-,23+,25-,26-,27+,29-/m1/s1. The number of cyclic esters (lactones) is 1. The SMILES string of the molecule is CC[C@H]1OC(=O)[C@H](C)[C@@H](O[C@H]2C[C@H](C)C[C@H](C)O2)[C@H](C)C[C@](C)(OC)C[C@@H](C)/C(=N/OC)[C@H](C)[C@@H](O)[C@@H]1O. The lowest BCUT2D eigenvalue weighted by Crippen LogP contribution is -2.49. The molecule has 2 N–H and O–H groups in total. The number of oxime groups is 1. The Morgan fingerprint density at radius 3 is 2.21 bits per heavy atom. The van der Waals surface area contributed by atoms with Gasteiger partial charge in [0.05, 0.1) is 35.5 Å². The smallest absolute Gasteiger partial charge is 0.311 e. The highest BCUT2D eigenvalue weighted by Gasteiger charge is 2.43. The molecule has 2 aliphatic rings. The van der Waals surface area contributed by atoms with E-state index in [1.54, 1.807) is 21.0 Å². The van der Waals surface area contributed by atoms with Gasteiger partial charge < -0.3 is 34.0 Å². The van der Waals surface area contributed by atoms with E-state index in [9.17, 15) is 15.0 Å². The normalized spacial score (nSPS) is 45.3. The zero-order valence-corrected chi connectivity index (χ0v) is 25.2. The first kappa shape index (κ1) is 32.9. The summed E-state index contributed by atoms with van der Waals surface area (Å²) in [6, 6.07) is 0. The topological polar surface area (TPSA) is 116 Å². The van der Waals surface area contributed by atoms with Crippen molar-refractivity contribution in [2.75, 3.05) is 14.2 Å². The lowest BCUT2D eigenvalue weighted by atomic mass is 9.77. The minimum absolute atomic E-state index is 0.0755. The van der Waals surface area contributed by atoms with E-state index < -0.39 is 54.1 Å². The average Bonchev–Trinajstić information content (AvgIpc) is 2.85. The molecule has 2 saturated heterocycles. The third-order valence-electron chi connectivity index (χ3n) is 8.51. The van der Waals surface area contributed by atoms with Crippen LogP contribution in [-0.4, -0.2) is 78.5 Å². The van der Waals surface area contributed by atoms with Gasteiger partial charge in [0.15, 0.2) is 6.29 Å². The Hall–Kier alpha value is -1.26. The van der Waals surface area contributed by atoms with Crippen molar-refractivity contribution in [2.45, 2.75) is 130 Å². The molecule has 0 radical (unpaired) electrons. The van der Waals surface area contributed by atoms with E-state index in [1.807, 2.05) is 27.7 Å². The van der Waals surface area contributed by atoms with Crippen molar-refractivity contribution in [1.29, 1.82) is 0 Å². The minimum atomic E-state index is -1.29. The van der Waals surface area contributed by atoms with Gasteiger partial charge in [-0.3, -0.25) is 4.79 Å². The maximum absolute atomic E-state index is 13.5. The molecule has 2 fully saturated rings. The Balaban J connectivity index is 2.49. The summed E-state index contributed by atoms with van der Waals surface area (Å²) in [5.41, 5.74) is 0.0411. The second-order valence-corrected chi connectivity index (χ2v) is 12.1. The quantitative estimate of drug-likeness (QED) is 0.389. The van der Waals surface area contributed by atoms with Crippen LogP contribution < -0.4 is 0 Å². The van der Waals surface area contributed by atoms with Crippen LogP contribution in [0, 0.1) is 29.6 Å². The molecular formula is C29H53NO8. The van der Waals surface area contributed by atoms with Crippen LogP contribution in [0.4, 0.5) is 0 Å². The van der Waals surface area contributed by atoms with Crippen molar-refractivity contribution < 1.29 is 38.8 Å². The zero-order chi connectivity index (χ0) is 28.8. The number of rotatable bonds is 5. The second kappa shape index (κ2) is 14.4. The minimum Gasteiger partial charge on any atom is -0.459 e. The van der Waals surface area contributed by atoms with Gasteiger partial charge in [-0.2, -0.15) is 0 Å². The van der Waals surface area contributed by atoms with Crippen LogP contribution in [0.25, 0.3) is 0 Å². The molecule has 38 heavy (non-hydrogen) atoms. The number of carbonyl (C=O) groups excluding carboxylic acids is 1. The molecule has 222 valence electrons. The Labute approximate surface area is 229 Å². The Kier molecular flexibility index (Phi) is 12.5. The Morgan fingerprint density at radius 2 is 1.66 bits per heavy atom. The van der Waals surface area contributed by atoms with E-state index in [-0.39, 0.29) is 17.9 Å². The Morgan fingerprint density at radius 1 is 1.00 bits per heavy atom. The fourth-order valence-electron chi connectivity index (χ4n) is 6.37. The molecular weight excluding hydrogens is 490 g/mol. The van der Waals surface area contributed by atoms with Crippen LogP contribution in [0.3, 0.4) is 0 Å². The van der Waals surface area contributed by atoms with Gasteiger partial charge >= 0.3 is 5.97 Å². The van der Waals surface area contributed by atoms with E-state index in [4.69, 9.17) is 23.8 Å². The number of carbonyl (C=O) groups is 1. The largest absolute Gasteiger partial charge is 0.459 e. The van der Waals surface area contributed by atoms with Gasteiger partial charge in [-0.1, -0.05) is 39.8 Å². The molecule has 0 amide bonds. The highest BCUT2D eigenvalue weighted by Crippen LogP contribution is 2.36. The van der Waals surface area contributed by atoms with Crippen LogP contribution in [-0.2, 0) is 28.6 Å². The summed E-state index contributed by atoms with van der Waals surface area (Å²) in [7, 11) is 3.15. The summed E-state index contributed by atoms with van der Waals surface area (Å²) in [5.74, 6) is -1.37. The first-order valence-electron chi connectivity index (χ1n) is 14.3. The van der Waals surface area contributed by atoms with Gasteiger partial charge in [-0.15, -0.1) is 0 Å². The lowest BCUT2D eigenvalue weighted by molar-refractivity contribution is -0.240. The van der Waals surface area contributed by atoms with Gasteiger partial charge in [-0.25, -0.2) is 0 Å². The van der Waals surface area contributed by atoms with Crippen molar-refractivity contribution in [2.24, 2.45) is 34.7 Å². The fourth-order valence-corrected chi connectivity index (χ4v) is 6.37. The predicted octanol–water partition coefficient (Wildman–Crippen LogP) is 4.32. The number of ether oxygens (including phenoxy) is 4. The molecule has 0 spiro atoms. The summed E-state index contributed by atoms with van der Waals surface area (Å²) in [6.45, 7) is 15.8. The molecule has 2 rings (SSSR count). The zero-order valence-electron chi connectivity index (χ0n) is 25.2. The number of hydrogen-bond donors (Lipinski definition) is 2. The van der Waals surface area contributed by atoms with E-state index in [1.165, 1.54) is 7.11 Å². The molecule has 9 nitrogen and oxygen atoms in total. The van der Waals surface area contributed by atoms with Crippen molar-refractivity contribution in [3.8, 4) is 0 Å². The average molecular weight is 544 g/mol. The molecule has 0 aromatic heterocycles. The lowest BCUT2D eigenvalue weighted by Gasteiger charge is -2.41. The molecule has 9 heteroatoms. The third kappa shape index (κ3) is 8.37. The van der Waals surface area contributed by atoms with Crippen LogP contribution in [0.5, 0.6) is 0 Å². The molecule has 0 aromatic rings. The van der Waals surface area contributed by atoms with Gasteiger partial charge in [0.1, 0.15) is 19.3 Å². The van der Waals surface area contributed by atoms with Crippen LogP contribution >= 0.6 is 0 Å². The molecule has 0 aliphatic carbocycles. The van der Waals surface area contributed by atoms with Crippen LogP contribution in [0.1, 0.15) is 87.5 Å². The summed E-state index contributed by atoms with van der Waals surface area (Å²) in [5, 5.41) is 26.4. The van der Waals surface area contributed by atoms with Crippen molar-refractivity contribution in [3.05, 3.63) is 0 Å². The number of nitrogens with zero attached hydrogens (tertiary/aromatic N) is 1.